The highest BCUT2D eigenvalue weighted by atomic mass is 16.7. The Morgan fingerprint density at radius 1 is 1.15 bits per heavy atom. The zero-order chi connectivity index (χ0) is 15.3. The first-order valence-electron chi connectivity index (χ1n) is 6.26. The fourth-order valence-corrected chi connectivity index (χ4v) is 1.38. The number of hydroxylamine groups is 1. The normalized spacial score (nSPS) is 10.7. The second-order valence-electron chi connectivity index (χ2n) is 5.57. The van der Waals surface area contributed by atoms with Gasteiger partial charge in [-0.1, -0.05) is 12.1 Å². The third-order valence-electron chi connectivity index (χ3n) is 2.39. The highest BCUT2D eigenvalue weighted by molar-refractivity contribution is 5.94. The van der Waals surface area contributed by atoms with Crippen LogP contribution in [0.15, 0.2) is 24.3 Å². The van der Waals surface area contributed by atoms with Crippen molar-refractivity contribution < 1.29 is 14.4 Å². The van der Waals surface area contributed by atoms with Gasteiger partial charge in [0.25, 0.3) is 5.91 Å². The average Bonchev–Trinajstić information content (AvgIpc) is 2.38. The molecule has 1 N–H and O–H groups in total. The molecule has 0 heterocycles. The predicted octanol–water partition coefficient (Wildman–Crippen LogP) is 1.88. The Morgan fingerprint density at radius 2 is 1.65 bits per heavy atom. The Bertz CT molecular complexity index is 521. The quantitative estimate of drug-likeness (QED) is 0.674. The molecule has 5 nitrogen and oxygen atoms in total. The monoisotopic (exact) mass is 276 g/mol. The van der Waals surface area contributed by atoms with Gasteiger partial charge in [0.15, 0.2) is 11.6 Å². The van der Waals surface area contributed by atoms with E-state index in [1.54, 1.807) is 44.3 Å². The number of hydrogen-bond acceptors (Lipinski definition) is 4. The molecule has 0 fully saturated rings. The van der Waals surface area contributed by atoms with Gasteiger partial charge >= 0.3 is 0 Å². The molecule has 0 aliphatic heterocycles. The lowest BCUT2D eigenvalue weighted by molar-refractivity contribution is -0.0467. The minimum atomic E-state index is -0.428. The molecule has 0 aromatic heterocycles. The van der Waals surface area contributed by atoms with Crippen molar-refractivity contribution in [2.24, 2.45) is 0 Å². The van der Waals surface area contributed by atoms with Crippen LogP contribution >= 0.6 is 0 Å². The number of carbonyl (C=O) groups excluding carboxylic acids is 2. The standard InChI is InChI=1S/C15H20N2O3/c1-15(2,3)20-16-13(10-18)11-6-8-12(9-7-11)14(19)17(4)5/h6-9,16H,1-5H3. The third kappa shape index (κ3) is 4.53. The summed E-state index contributed by atoms with van der Waals surface area (Å²) in [6, 6.07) is 6.67. The van der Waals surface area contributed by atoms with E-state index in [9.17, 15) is 9.59 Å². The van der Waals surface area contributed by atoms with Crippen molar-refractivity contribution in [3.05, 3.63) is 35.4 Å². The number of nitrogens with zero attached hydrogens (tertiary/aromatic N) is 1. The number of amides is 1. The van der Waals surface area contributed by atoms with Crippen LogP contribution in [0.1, 0.15) is 36.7 Å². The van der Waals surface area contributed by atoms with Crippen LogP contribution in [0.3, 0.4) is 0 Å². The maximum Gasteiger partial charge on any atom is 0.253 e. The molecular formula is C15H20N2O3. The summed E-state index contributed by atoms with van der Waals surface area (Å²) in [5.41, 5.74) is 3.53. The number of hydrogen-bond donors (Lipinski definition) is 1. The minimum absolute atomic E-state index is 0.0907. The van der Waals surface area contributed by atoms with E-state index in [0.717, 1.165) is 0 Å². The van der Waals surface area contributed by atoms with E-state index >= 15 is 0 Å². The molecule has 108 valence electrons. The van der Waals surface area contributed by atoms with Crippen molar-refractivity contribution in [3.8, 4) is 0 Å². The first-order chi connectivity index (χ1) is 9.24. The molecule has 0 aliphatic carbocycles. The number of benzene rings is 1. The van der Waals surface area contributed by atoms with E-state index < -0.39 is 5.60 Å². The zero-order valence-corrected chi connectivity index (χ0v) is 12.5. The fourth-order valence-electron chi connectivity index (χ4n) is 1.38. The van der Waals surface area contributed by atoms with E-state index in [1.807, 2.05) is 20.8 Å². The molecule has 1 aromatic carbocycles. The molecule has 1 rings (SSSR count). The number of carbonyl (C=O) groups is 1. The summed E-state index contributed by atoms with van der Waals surface area (Å²) < 4.78 is 0. The highest BCUT2D eigenvalue weighted by Gasteiger charge is 2.13. The Labute approximate surface area is 119 Å². The maximum absolute atomic E-state index is 11.8. The van der Waals surface area contributed by atoms with Gasteiger partial charge in [0, 0.05) is 25.2 Å². The van der Waals surface area contributed by atoms with Crippen molar-refractivity contribution >= 4 is 17.5 Å². The van der Waals surface area contributed by atoms with Crippen molar-refractivity contribution in [3.63, 3.8) is 0 Å². The molecule has 0 bridgehead atoms. The molecule has 5 heteroatoms. The Balaban J connectivity index is 2.86. The van der Waals surface area contributed by atoms with Crippen molar-refractivity contribution in [2.45, 2.75) is 26.4 Å². The Kier molecular flexibility index (Phi) is 5.08. The van der Waals surface area contributed by atoms with Gasteiger partial charge in [-0.15, -0.1) is 0 Å². The number of rotatable bonds is 4. The van der Waals surface area contributed by atoms with E-state index in [-0.39, 0.29) is 11.6 Å². The van der Waals surface area contributed by atoms with Gasteiger partial charge in [0.1, 0.15) is 0 Å². The molecule has 0 radical (unpaired) electrons. The van der Waals surface area contributed by atoms with E-state index in [1.165, 1.54) is 4.90 Å². The first kappa shape index (κ1) is 16.0. The molecule has 0 spiro atoms. The molecule has 0 atom stereocenters. The van der Waals surface area contributed by atoms with Gasteiger partial charge in [-0.25, -0.2) is 4.79 Å². The second kappa shape index (κ2) is 6.37. The van der Waals surface area contributed by atoms with E-state index in [0.29, 0.717) is 11.1 Å². The number of nitrogens with one attached hydrogen (secondary N) is 1. The lowest BCUT2D eigenvalue weighted by Gasteiger charge is -2.20. The largest absolute Gasteiger partial charge is 0.345 e. The minimum Gasteiger partial charge on any atom is -0.345 e. The summed E-state index contributed by atoms with van der Waals surface area (Å²) in [7, 11) is 3.37. The Hall–Kier alpha value is -2.10. The lowest BCUT2D eigenvalue weighted by atomic mass is 10.1. The fraction of sp³-hybridized carbons (Fsp3) is 0.400. The van der Waals surface area contributed by atoms with Crippen LogP contribution in [0.5, 0.6) is 0 Å². The summed E-state index contributed by atoms with van der Waals surface area (Å²) in [5, 5.41) is 0. The molecule has 0 aliphatic rings. The lowest BCUT2D eigenvalue weighted by Crippen LogP contribution is -2.28. The van der Waals surface area contributed by atoms with Gasteiger partial charge in [-0.05, 0) is 32.9 Å². The molecule has 0 unspecified atom stereocenters. The first-order valence-corrected chi connectivity index (χ1v) is 6.26. The predicted molar refractivity (Wildman–Crippen MR) is 77.5 cm³/mol. The molecule has 0 saturated heterocycles. The summed E-state index contributed by atoms with van der Waals surface area (Å²) >= 11 is 0. The van der Waals surface area contributed by atoms with Crippen LogP contribution in [0, 0.1) is 0 Å². The zero-order valence-electron chi connectivity index (χ0n) is 12.5. The van der Waals surface area contributed by atoms with E-state index in [4.69, 9.17) is 4.84 Å². The van der Waals surface area contributed by atoms with Crippen LogP contribution < -0.4 is 5.48 Å². The maximum atomic E-state index is 11.8. The van der Waals surface area contributed by atoms with Crippen LogP contribution in [-0.4, -0.2) is 36.4 Å². The summed E-state index contributed by atoms with van der Waals surface area (Å²) in [6.07, 6.45) is 0. The van der Waals surface area contributed by atoms with Crippen LogP contribution in [0.25, 0.3) is 5.70 Å². The van der Waals surface area contributed by atoms with Gasteiger partial charge in [-0.3, -0.25) is 15.1 Å². The smallest absolute Gasteiger partial charge is 0.253 e. The van der Waals surface area contributed by atoms with Gasteiger partial charge in [0.2, 0.25) is 0 Å². The van der Waals surface area contributed by atoms with Crippen LogP contribution in [0.2, 0.25) is 0 Å². The summed E-state index contributed by atoms with van der Waals surface area (Å²) in [4.78, 5) is 29.5. The third-order valence-corrected chi connectivity index (χ3v) is 2.39. The average molecular weight is 276 g/mol. The van der Waals surface area contributed by atoms with E-state index in [2.05, 4.69) is 5.48 Å². The Morgan fingerprint density at radius 3 is 2.05 bits per heavy atom. The van der Waals surface area contributed by atoms with Crippen molar-refractivity contribution in [2.75, 3.05) is 14.1 Å². The SMILES string of the molecule is CN(C)C(=O)c1ccc(C(=C=O)NOC(C)(C)C)cc1. The summed E-state index contributed by atoms with van der Waals surface area (Å²) in [6.45, 7) is 5.59. The second-order valence-corrected chi connectivity index (χ2v) is 5.57. The molecule has 0 saturated carbocycles. The molecular weight excluding hydrogens is 256 g/mol. The van der Waals surface area contributed by atoms with Crippen molar-refractivity contribution in [1.29, 1.82) is 0 Å². The highest BCUT2D eigenvalue weighted by Crippen LogP contribution is 2.13. The van der Waals surface area contributed by atoms with Crippen LogP contribution in [0.4, 0.5) is 0 Å². The van der Waals surface area contributed by atoms with Gasteiger partial charge < -0.3 is 4.90 Å². The molecule has 1 amide bonds. The molecule has 1 aromatic rings. The van der Waals surface area contributed by atoms with Crippen LogP contribution in [-0.2, 0) is 9.63 Å². The summed E-state index contributed by atoms with van der Waals surface area (Å²) in [5.74, 6) is 1.71. The topological polar surface area (TPSA) is 58.6 Å². The molecule has 20 heavy (non-hydrogen) atoms. The van der Waals surface area contributed by atoms with Gasteiger partial charge in [0.05, 0.1) is 5.60 Å². The van der Waals surface area contributed by atoms with Gasteiger partial charge in [-0.2, -0.15) is 0 Å². The van der Waals surface area contributed by atoms with Crippen molar-refractivity contribution in [1.82, 2.24) is 10.4 Å².